The van der Waals surface area contributed by atoms with E-state index in [0.29, 0.717) is 34.9 Å². The third kappa shape index (κ3) is 6.23. The number of nitrogen functional groups attached to an aromatic ring is 1. The quantitative estimate of drug-likeness (QED) is 0.433. The summed E-state index contributed by atoms with van der Waals surface area (Å²) in [6.07, 6.45) is 0.00638. The van der Waals surface area contributed by atoms with Gasteiger partial charge in [0.05, 0.1) is 38.2 Å². The van der Waals surface area contributed by atoms with Gasteiger partial charge in [0.15, 0.2) is 11.5 Å². The fourth-order valence-corrected chi connectivity index (χ4v) is 4.04. The maximum absolute atomic E-state index is 13.3. The fraction of sp³-hybridized carbons (Fsp3) is 0.423. The van der Waals surface area contributed by atoms with Crippen molar-refractivity contribution in [3.8, 4) is 11.5 Å². The highest BCUT2D eigenvalue weighted by molar-refractivity contribution is 6.03. The second-order valence-electron chi connectivity index (χ2n) is 9.61. The average Bonchev–Trinajstić information content (AvgIpc) is 3.12. The Morgan fingerprint density at radius 1 is 1.17 bits per heavy atom. The van der Waals surface area contributed by atoms with Crippen molar-refractivity contribution < 1.29 is 28.7 Å². The smallest absolute Gasteiger partial charge is 0.332 e. The molecule has 1 aliphatic rings. The lowest BCUT2D eigenvalue weighted by molar-refractivity contribution is -0.160. The second kappa shape index (κ2) is 10.7. The molecule has 1 heterocycles. The minimum Gasteiger partial charge on any atom is -0.493 e. The third-order valence-corrected chi connectivity index (χ3v) is 5.58. The number of ether oxygens (including phenoxy) is 2. The first kappa shape index (κ1) is 25.9. The molecule has 2 aromatic carbocycles. The average molecular weight is 484 g/mol. The van der Waals surface area contributed by atoms with Crippen molar-refractivity contribution in [1.82, 2.24) is 10.4 Å². The summed E-state index contributed by atoms with van der Waals surface area (Å²) in [5, 5.41) is 0. The summed E-state index contributed by atoms with van der Waals surface area (Å²) in [4.78, 5) is 44.8. The third-order valence-electron chi connectivity index (χ3n) is 5.58. The van der Waals surface area contributed by atoms with E-state index in [4.69, 9.17) is 20.0 Å². The highest BCUT2D eigenvalue weighted by atomic mass is 16.7. The topological polar surface area (TPSA) is 120 Å². The molecule has 0 aromatic heterocycles. The molecule has 0 radical (unpaired) electrons. The Hall–Kier alpha value is -3.75. The van der Waals surface area contributed by atoms with Gasteiger partial charge in [-0.05, 0) is 41.7 Å². The van der Waals surface area contributed by atoms with Crippen LogP contribution in [0.5, 0.6) is 11.5 Å². The molecule has 0 aliphatic carbocycles. The van der Waals surface area contributed by atoms with Crippen molar-refractivity contribution in [2.45, 2.75) is 53.1 Å². The highest BCUT2D eigenvalue weighted by Crippen LogP contribution is 2.38. The Morgan fingerprint density at radius 2 is 1.91 bits per heavy atom. The van der Waals surface area contributed by atoms with Crippen LogP contribution >= 0.6 is 0 Å². The van der Waals surface area contributed by atoms with Crippen molar-refractivity contribution >= 4 is 23.5 Å². The minimum atomic E-state index is -0.666. The number of rotatable bonds is 8. The van der Waals surface area contributed by atoms with E-state index in [-0.39, 0.29) is 30.7 Å². The number of anilines is 1. The lowest BCUT2D eigenvalue weighted by atomic mass is 9.93. The van der Waals surface area contributed by atoms with E-state index in [9.17, 15) is 14.4 Å². The molecule has 1 atom stereocenters. The molecular weight excluding hydrogens is 450 g/mol. The molecule has 0 bridgehead atoms. The van der Waals surface area contributed by atoms with Crippen molar-refractivity contribution in [2.75, 3.05) is 19.5 Å². The molecule has 9 nitrogen and oxygen atoms in total. The van der Waals surface area contributed by atoms with E-state index in [2.05, 4.69) is 5.48 Å². The van der Waals surface area contributed by atoms with Crippen LogP contribution in [-0.4, -0.2) is 36.4 Å². The lowest BCUT2D eigenvalue weighted by Crippen LogP contribution is -2.35. The van der Waals surface area contributed by atoms with Crippen LogP contribution in [0.15, 0.2) is 36.4 Å². The first-order valence-corrected chi connectivity index (χ1v) is 11.5. The van der Waals surface area contributed by atoms with Gasteiger partial charge >= 0.3 is 5.97 Å². The molecule has 0 fully saturated rings. The van der Waals surface area contributed by atoms with Crippen LogP contribution in [0.2, 0.25) is 0 Å². The summed E-state index contributed by atoms with van der Waals surface area (Å²) in [5.74, 6) is -0.312. The number of benzene rings is 2. The number of fused-ring (bicyclic) bond motifs is 1. The molecule has 2 aromatic rings. The maximum atomic E-state index is 13.3. The predicted molar refractivity (Wildman–Crippen MR) is 131 cm³/mol. The zero-order chi connectivity index (χ0) is 25.8. The van der Waals surface area contributed by atoms with E-state index < -0.39 is 17.9 Å². The number of carbonyl (C=O) groups excluding carboxylic acids is 3. The van der Waals surface area contributed by atoms with Gasteiger partial charge in [0.2, 0.25) is 0 Å². The minimum absolute atomic E-state index is 0.139. The van der Waals surface area contributed by atoms with Gasteiger partial charge in [-0.3, -0.25) is 9.59 Å². The fourth-order valence-electron chi connectivity index (χ4n) is 4.04. The van der Waals surface area contributed by atoms with Gasteiger partial charge in [-0.25, -0.2) is 4.79 Å². The van der Waals surface area contributed by atoms with Crippen molar-refractivity contribution in [3.05, 3.63) is 53.1 Å². The van der Waals surface area contributed by atoms with Crippen molar-refractivity contribution in [1.29, 1.82) is 0 Å². The monoisotopic (exact) mass is 483 g/mol. The number of nitrogens with two attached hydrogens (primary N) is 1. The molecule has 0 spiro atoms. The van der Waals surface area contributed by atoms with Crippen LogP contribution in [0.3, 0.4) is 0 Å². The molecule has 35 heavy (non-hydrogen) atoms. The summed E-state index contributed by atoms with van der Waals surface area (Å²) in [7, 11) is 1.54. The Balaban J connectivity index is 1.88. The number of methoxy groups -OCH3 is 1. The van der Waals surface area contributed by atoms with Crippen molar-refractivity contribution in [3.63, 3.8) is 0 Å². The summed E-state index contributed by atoms with van der Waals surface area (Å²) in [6, 6.07) is 9.92. The Morgan fingerprint density at radius 3 is 2.54 bits per heavy atom. The van der Waals surface area contributed by atoms with Crippen LogP contribution in [0.25, 0.3) is 0 Å². The number of hydroxylamine groups is 1. The Labute approximate surface area is 205 Å². The number of hydrogen-bond acceptors (Lipinski definition) is 7. The summed E-state index contributed by atoms with van der Waals surface area (Å²) < 4.78 is 11.1. The predicted octanol–water partition coefficient (Wildman–Crippen LogP) is 3.77. The summed E-state index contributed by atoms with van der Waals surface area (Å²) in [5.41, 5.74) is 10.3. The maximum Gasteiger partial charge on any atom is 0.332 e. The molecule has 1 unspecified atom stereocenters. The van der Waals surface area contributed by atoms with E-state index in [1.54, 1.807) is 35.2 Å². The number of nitrogens with zero attached hydrogens (tertiary/aromatic N) is 1. The standard InChI is InChI=1S/C26H33N3O6/c1-6-34-21-12-16(10-11-20(21)33-5)19(13-22(30)28-35-23(31)14-26(2,3)4)29-15-17-8-7-9-18(27)24(17)25(29)32/h7-12,19H,6,13-15,27H2,1-5H3,(H,28,30). The largest absolute Gasteiger partial charge is 0.493 e. The number of carbonyl (C=O) groups is 3. The summed E-state index contributed by atoms with van der Waals surface area (Å²) in [6.45, 7) is 8.25. The number of amides is 2. The molecule has 9 heteroatoms. The molecule has 0 saturated carbocycles. The molecule has 1 aliphatic heterocycles. The molecule has 3 N–H and O–H groups in total. The van der Waals surface area contributed by atoms with Crippen LogP contribution in [0.4, 0.5) is 5.69 Å². The summed E-state index contributed by atoms with van der Waals surface area (Å²) >= 11 is 0. The van der Waals surface area contributed by atoms with E-state index in [1.165, 1.54) is 7.11 Å². The van der Waals surface area contributed by atoms with Gasteiger partial charge in [-0.2, -0.15) is 5.48 Å². The van der Waals surface area contributed by atoms with Gasteiger partial charge in [0, 0.05) is 12.2 Å². The van der Waals surface area contributed by atoms with Crippen LogP contribution in [0.1, 0.15) is 68.1 Å². The van der Waals surface area contributed by atoms with Crippen LogP contribution in [0, 0.1) is 5.41 Å². The molecular formula is C26H33N3O6. The molecule has 3 rings (SSSR count). The Kier molecular flexibility index (Phi) is 7.89. The number of hydrogen-bond donors (Lipinski definition) is 2. The van der Waals surface area contributed by atoms with Gasteiger partial charge in [0.25, 0.3) is 11.8 Å². The zero-order valence-electron chi connectivity index (χ0n) is 20.8. The van der Waals surface area contributed by atoms with E-state index >= 15 is 0 Å². The molecule has 2 amide bonds. The molecule has 188 valence electrons. The van der Waals surface area contributed by atoms with Crippen molar-refractivity contribution in [2.24, 2.45) is 5.41 Å². The van der Waals surface area contributed by atoms with E-state index in [1.807, 2.05) is 33.8 Å². The van der Waals surface area contributed by atoms with Gasteiger partial charge in [-0.1, -0.05) is 39.0 Å². The second-order valence-corrected chi connectivity index (χ2v) is 9.61. The first-order chi connectivity index (χ1) is 16.5. The van der Waals surface area contributed by atoms with Gasteiger partial charge in [0.1, 0.15) is 0 Å². The van der Waals surface area contributed by atoms with Gasteiger partial charge in [-0.15, -0.1) is 0 Å². The number of nitrogens with one attached hydrogen (secondary N) is 1. The van der Waals surface area contributed by atoms with E-state index in [0.717, 1.165) is 5.56 Å². The van der Waals surface area contributed by atoms with Crippen LogP contribution in [-0.2, 0) is 21.0 Å². The lowest BCUT2D eigenvalue weighted by Gasteiger charge is -2.28. The molecule has 0 saturated heterocycles. The first-order valence-electron chi connectivity index (χ1n) is 11.5. The Bertz CT molecular complexity index is 1110. The zero-order valence-corrected chi connectivity index (χ0v) is 20.8. The normalized spacial score (nSPS) is 13.7. The SMILES string of the molecule is CCOc1cc(C(CC(=O)NOC(=O)CC(C)(C)C)N2Cc3cccc(N)c3C2=O)ccc1OC. The van der Waals surface area contributed by atoms with Gasteiger partial charge < -0.3 is 24.9 Å². The van der Waals surface area contributed by atoms with Crippen LogP contribution < -0.4 is 20.7 Å². The highest BCUT2D eigenvalue weighted by Gasteiger charge is 2.36.